The largest absolute Gasteiger partial charge is 0.465 e. The van der Waals surface area contributed by atoms with Crippen molar-refractivity contribution in [2.75, 3.05) is 18.2 Å². The number of ether oxygens (including phenoxy) is 1. The molecule has 0 saturated heterocycles. The van der Waals surface area contributed by atoms with Gasteiger partial charge in [0.1, 0.15) is 0 Å². The van der Waals surface area contributed by atoms with Crippen LogP contribution in [0.5, 0.6) is 0 Å². The molecule has 0 atom stereocenters. The summed E-state index contributed by atoms with van der Waals surface area (Å²) in [5.41, 5.74) is 1.23. The van der Waals surface area contributed by atoms with Gasteiger partial charge in [0.2, 0.25) is 5.91 Å². The highest BCUT2D eigenvalue weighted by molar-refractivity contribution is 7.99. The second kappa shape index (κ2) is 10.4. The van der Waals surface area contributed by atoms with E-state index in [2.05, 4.69) is 22.1 Å². The first-order valence-electron chi connectivity index (χ1n) is 9.33. The Bertz CT molecular complexity index is 1160. The van der Waals surface area contributed by atoms with Crippen LogP contribution in [0.1, 0.15) is 10.4 Å². The van der Waals surface area contributed by atoms with Gasteiger partial charge in [0, 0.05) is 24.2 Å². The van der Waals surface area contributed by atoms with E-state index < -0.39 is 10.9 Å². The molecule has 0 aliphatic carbocycles. The van der Waals surface area contributed by atoms with Crippen LogP contribution in [-0.4, -0.2) is 44.4 Å². The third-order valence-corrected chi connectivity index (χ3v) is 5.27. The SMILES string of the molecule is C=CCn1c(SCC(=O)Nc2ccccc2C(=O)OC)nnc1-c1ccc([N+](=O)[O-])cc1. The number of para-hydroxylation sites is 1. The highest BCUT2D eigenvalue weighted by Crippen LogP contribution is 2.26. The lowest BCUT2D eigenvalue weighted by atomic mass is 10.2. The molecule has 11 heteroatoms. The molecule has 3 rings (SSSR count). The fraction of sp³-hybridized carbons (Fsp3) is 0.143. The molecular weight excluding hydrogens is 434 g/mol. The lowest BCUT2D eigenvalue weighted by molar-refractivity contribution is -0.384. The van der Waals surface area contributed by atoms with Gasteiger partial charge in [-0.05, 0) is 24.3 Å². The first-order valence-corrected chi connectivity index (χ1v) is 10.3. The molecule has 1 N–H and O–H groups in total. The minimum Gasteiger partial charge on any atom is -0.465 e. The van der Waals surface area contributed by atoms with Crippen LogP contribution in [0.2, 0.25) is 0 Å². The van der Waals surface area contributed by atoms with E-state index in [4.69, 9.17) is 4.74 Å². The summed E-state index contributed by atoms with van der Waals surface area (Å²) in [6.07, 6.45) is 1.66. The maximum Gasteiger partial charge on any atom is 0.339 e. The smallest absolute Gasteiger partial charge is 0.339 e. The van der Waals surface area contributed by atoms with Crippen LogP contribution >= 0.6 is 11.8 Å². The van der Waals surface area contributed by atoms with Gasteiger partial charge in [-0.2, -0.15) is 0 Å². The number of nitrogens with zero attached hydrogens (tertiary/aromatic N) is 4. The molecule has 0 aliphatic heterocycles. The zero-order chi connectivity index (χ0) is 23.1. The summed E-state index contributed by atoms with van der Waals surface area (Å²) in [6.45, 7) is 4.12. The Hall–Kier alpha value is -3.99. The quantitative estimate of drug-likeness (QED) is 0.171. The molecule has 10 nitrogen and oxygen atoms in total. The maximum atomic E-state index is 12.5. The maximum absolute atomic E-state index is 12.5. The second-order valence-electron chi connectivity index (χ2n) is 6.38. The Balaban J connectivity index is 1.74. The van der Waals surface area contributed by atoms with Crippen molar-refractivity contribution in [1.82, 2.24) is 14.8 Å². The monoisotopic (exact) mass is 453 g/mol. The van der Waals surface area contributed by atoms with Gasteiger partial charge in [0.25, 0.3) is 5.69 Å². The fourth-order valence-electron chi connectivity index (χ4n) is 2.83. The number of non-ortho nitro benzene ring substituents is 1. The average molecular weight is 453 g/mol. The number of nitro groups is 1. The molecule has 0 bridgehead atoms. The van der Waals surface area contributed by atoms with Crippen LogP contribution in [0.3, 0.4) is 0 Å². The van der Waals surface area contributed by atoms with Gasteiger partial charge in [-0.15, -0.1) is 16.8 Å². The molecule has 0 spiro atoms. The van der Waals surface area contributed by atoms with Crippen LogP contribution in [0, 0.1) is 10.1 Å². The van der Waals surface area contributed by atoms with Gasteiger partial charge in [-0.1, -0.05) is 30.0 Å². The van der Waals surface area contributed by atoms with Crippen LogP contribution in [0.15, 0.2) is 66.3 Å². The number of aromatic nitrogens is 3. The number of nitrogens with one attached hydrogen (secondary N) is 1. The number of benzene rings is 2. The van der Waals surface area contributed by atoms with Crippen molar-refractivity contribution in [1.29, 1.82) is 0 Å². The zero-order valence-electron chi connectivity index (χ0n) is 17.1. The Morgan fingerprint density at radius 3 is 2.59 bits per heavy atom. The van der Waals surface area contributed by atoms with Crippen molar-refractivity contribution in [2.24, 2.45) is 0 Å². The topological polar surface area (TPSA) is 129 Å². The van der Waals surface area contributed by atoms with Gasteiger partial charge in [-0.3, -0.25) is 19.5 Å². The summed E-state index contributed by atoms with van der Waals surface area (Å²) in [5.74, 6) is -0.368. The molecule has 164 valence electrons. The highest BCUT2D eigenvalue weighted by Gasteiger charge is 2.17. The normalized spacial score (nSPS) is 10.4. The van der Waals surface area contributed by atoms with Crippen LogP contribution in [0.25, 0.3) is 11.4 Å². The van der Waals surface area contributed by atoms with Crippen molar-refractivity contribution in [3.05, 3.63) is 76.9 Å². The summed E-state index contributed by atoms with van der Waals surface area (Å²) in [5, 5.41) is 22.4. The Kier molecular flexibility index (Phi) is 7.34. The molecule has 3 aromatic rings. The number of carbonyl (C=O) groups excluding carboxylic acids is 2. The Morgan fingerprint density at radius 2 is 1.94 bits per heavy atom. The van der Waals surface area contributed by atoms with Crippen molar-refractivity contribution in [3.8, 4) is 11.4 Å². The van der Waals surface area contributed by atoms with E-state index in [1.807, 2.05) is 0 Å². The molecule has 0 saturated carbocycles. The molecule has 1 amide bonds. The Labute approximate surface area is 187 Å². The molecule has 1 aromatic heterocycles. The van der Waals surface area contributed by atoms with E-state index >= 15 is 0 Å². The molecule has 0 radical (unpaired) electrons. The van der Waals surface area contributed by atoms with Gasteiger partial charge in [0.15, 0.2) is 11.0 Å². The molecule has 32 heavy (non-hydrogen) atoms. The zero-order valence-corrected chi connectivity index (χ0v) is 17.9. The predicted octanol–water partition coefficient (Wildman–Crippen LogP) is 3.56. The molecule has 1 heterocycles. The molecule has 0 aliphatic rings. The van der Waals surface area contributed by atoms with Crippen LogP contribution in [0.4, 0.5) is 11.4 Å². The summed E-state index contributed by atoms with van der Waals surface area (Å²) < 4.78 is 6.49. The number of thioether (sulfide) groups is 1. The van der Waals surface area contributed by atoms with Gasteiger partial charge in [-0.25, -0.2) is 4.79 Å². The standard InChI is InChI=1S/C21H19N5O5S/c1-3-12-25-19(14-8-10-15(11-9-14)26(29)30)23-24-21(25)32-13-18(27)22-17-7-5-4-6-16(17)20(28)31-2/h3-11H,1,12-13H2,2H3,(H,22,27). The van der Waals surface area contributed by atoms with E-state index in [9.17, 15) is 19.7 Å². The predicted molar refractivity (Wildman–Crippen MR) is 119 cm³/mol. The average Bonchev–Trinajstić information content (AvgIpc) is 3.20. The third kappa shape index (κ3) is 5.19. The first kappa shape index (κ1) is 22.7. The third-order valence-electron chi connectivity index (χ3n) is 4.30. The molecular formula is C21H19N5O5S. The van der Waals surface area contributed by atoms with E-state index in [0.717, 1.165) is 11.8 Å². The number of amides is 1. The number of allylic oxidation sites excluding steroid dienone is 1. The summed E-state index contributed by atoms with van der Waals surface area (Å²) in [4.78, 5) is 34.7. The number of esters is 1. The lowest BCUT2D eigenvalue weighted by Crippen LogP contribution is -2.17. The van der Waals surface area contributed by atoms with Crippen LogP contribution in [-0.2, 0) is 16.1 Å². The Morgan fingerprint density at radius 1 is 1.22 bits per heavy atom. The minimum absolute atomic E-state index is 0.0189. The number of anilines is 1. The fourth-order valence-corrected chi connectivity index (χ4v) is 3.58. The van der Waals surface area contributed by atoms with Gasteiger partial charge < -0.3 is 10.1 Å². The highest BCUT2D eigenvalue weighted by atomic mass is 32.2. The summed E-state index contributed by atoms with van der Waals surface area (Å²) >= 11 is 1.16. The van der Waals surface area contributed by atoms with Crippen molar-refractivity contribution < 1.29 is 19.2 Å². The van der Waals surface area contributed by atoms with Gasteiger partial charge in [0.05, 0.1) is 29.0 Å². The van der Waals surface area contributed by atoms with E-state index in [-0.39, 0.29) is 22.9 Å². The van der Waals surface area contributed by atoms with E-state index in [1.54, 1.807) is 47.0 Å². The lowest BCUT2D eigenvalue weighted by Gasteiger charge is -2.10. The summed E-state index contributed by atoms with van der Waals surface area (Å²) in [6, 6.07) is 12.5. The van der Waals surface area contributed by atoms with Crippen molar-refractivity contribution in [2.45, 2.75) is 11.7 Å². The van der Waals surface area contributed by atoms with Gasteiger partial charge >= 0.3 is 5.97 Å². The number of rotatable bonds is 9. The van der Waals surface area contributed by atoms with Crippen LogP contribution < -0.4 is 5.32 Å². The van der Waals surface area contributed by atoms with Crippen molar-refractivity contribution >= 4 is 35.0 Å². The molecule has 0 unspecified atom stereocenters. The number of hydrogen-bond acceptors (Lipinski definition) is 8. The van der Waals surface area contributed by atoms with E-state index in [1.165, 1.54) is 19.2 Å². The van der Waals surface area contributed by atoms with E-state index in [0.29, 0.717) is 28.8 Å². The number of carbonyl (C=O) groups is 2. The minimum atomic E-state index is -0.549. The number of hydrogen-bond donors (Lipinski definition) is 1. The number of nitro benzene ring substituents is 1. The summed E-state index contributed by atoms with van der Waals surface area (Å²) in [7, 11) is 1.27. The molecule has 0 fully saturated rings. The first-order chi connectivity index (χ1) is 15.4. The second-order valence-corrected chi connectivity index (χ2v) is 7.33. The number of methoxy groups -OCH3 is 1. The molecule has 2 aromatic carbocycles. The van der Waals surface area contributed by atoms with Crippen molar-refractivity contribution in [3.63, 3.8) is 0 Å².